The molecule has 1 atom stereocenters. The first-order valence-corrected chi connectivity index (χ1v) is 6.96. The second kappa shape index (κ2) is 6.44. The van der Waals surface area contributed by atoms with E-state index in [1.54, 1.807) is 0 Å². The predicted molar refractivity (Wildman–Crippen MR) is 84.9 cm³/mol. The molecule has 0 saturated carbocycles. The Morgan fingerprint density at radius 2 is 1.85 bits per heavy atom. The minimum Gasteiger partial charge on any atom is -0.399 e. The van der Waals surface area contributed by atoms with Crippen molar-refractivity contribution < 1.29 is 5.11 Å². The molecule has 0 aliphatic carbocycles. The van der Waals surface area contributed by atoms with E-state index in [9.17, 15) is 5.11 Å². The number of likely N-dealkylation sites (N-methyl/N-ethyl adjacent to an activating group) is 1. The summed E-state index contributed by atoms with van der Waals surface area (Å²) in [6.45, 7) is 5.46. The highest BCUT2D eigenvalue weighted by molar-refractivity contribution is 5.50. The Hall–Kier alpha value is -2.00. The van der Waals surface area contributed by atoms with Gasteiger partial charge in [0.1, 0.15) is 0 Å². The van der Waals surface area contributed by atoms with Gasteiger partial charge in [0, 0.05) is 24.5 Å². The molecule has 3 N–H and O–H groups in total. The van der Waals surface area contributed by atoms with Crippen molar-refractivity contribution >= 4 is 11.4 Å². The molecule has 0 aliphatic rings. The first kappa shape index (κ1) is 14.4. The van der Waals surface area contributed by atoms with Crippen molar-refractivity contribution in [3.63, 3.8) is 0 Å². The maximum absolute atomic E-state index is 10.4. The van der Waals surface area contributed by atoms with Crippen LogP contribution >= 0.6 is 0 Å². The molecule has 0 amide bonds. The van der Waals surface area contributed by atoms with Gasteiger partial charge in [0.15, 0.2) is 0 Å². The molecule has 0 heterocycles. The number of hydrogen-bond acceptors (Lipinski definition) is 3. The maximum Gasteiger partial charge on any atom is 0.0965 e. The number of nitrogens with zero attached hydrogens (tertiary/aromatic N) is 1. The van der Waals surface area contributed by atoms with Gasteiger partial charge in [-0.1, -0.05) is 30.3 Å². The third-order valence-electron chi connectivity index (χ3n) is 3.58. The average molecular weight is 270 g/mol. The second-order valence-corrected chi connectivity index (χ2v) is 5.01. The van der Waals surface area contributed by atoms with Crippen LogP contribution in [0, 0.1) is 6.92 Å². The molecule has 0 saturated heterocycles. The van der Waals surface area contributed by atoms with Gasteiger partial charge in [-0.3, -0.25) is 0 Å². The third-order valence-corrected chi connectivity index (χ3v) is 3.58. The van der Waals surface area contributed by atoms with Gasteiger partial charge in [0.25, 0.3) is 0 Å². The molecule has 0 fully saturated rings. The Labute approximate surface area is 120 Å². The van der Waals surface area contributed by atoms with Crippen LogP contribution in [0.4, 0.5) is 11.4 Å². The highest BCUT2D eigenvalue weighted by Crippen LogP contribution is 2.22. The van der Waals surface area contributed by atoms with E-state index in [-0.39, 0.29) is 0 Å². The van der Waals surface area contributed by atoms with Gasteiger partial charge < -0.3 is 15.7 Å². The first-order chi connectivity index (χ1) is 9.61. The molecule has 0 aromatic heterocycles. The van der Waals surface area contributed by atoms with Crippen molar-refractivity contribution in [2.45, 2.75) is 20.0 Å². The van der Waals surface area contributed by atoms with Gasteiger partial charge in [0.05, 0.1) is 6.10 Å². The van der Waals surface area contributed by atoms with Gasteiger partial charge in [-0.2, -0.15) is 0 Å². The molecule has 1 unspecified atom stereocenters. The monoisotopic (exact) mass is 270 g/mol. The topological polar surface area (TPSA) is 49.5 Å². The van der Waals surface area contributed by atoms with Crippen LogP contribution in [0.1, 0.15) is 24.2 Å². The minimum atomic E-state index is -0.543. The average Bonchev–Trinajstić information content (AvgIpc) is 2.48. The SMILES string of the molecule is CCN(CC(O)c1ccc(C)c(N)c1)c1ccccc1. The molecule has 2 rings (SSSR count). The second-order valence-electron chi connectivity index (χ2n) is 5.01. The van der Waals surface area contributed by atoms with Gasteiger partial charge in [-0.25, -0.2) is 0 Å². The zero-order chi connectivity index (χ0) is 14.5. The molecule has 0 radical (unpaired) electrons. The van der Waals surface area contributed by atoms with Crippen LogP contribution in [0.5, 0.6) is 0 Å². The summed E-state index contributed by atoms with van der Waals surface area (Å²) in [5.74, 6) is 0. The van der Waals surface area contributed by atoms with E-state index in [1.165, 1.54) is 0 Å². The van der Waals surface area contributed by atoms with Crippen molar-refractivity contribution in [1.82, 2.24) is 0 Å². The number of anilines is 2. The van der Waals surface area contributed by atoms with Crippen molar-refractivity contribution in [3.05, 3.63) is 59.7 Å². The van der Waals surface area contributed by atoms with E-state index in [2.05, 4.69) is 24.0 Å². The lowest BCUT2D eigenvalue weighted by Crippen LogP contribution is -2.28. The van der Waals surface area contributed by atoms with E-state index >= 15 is 0 Å². The summed E-state index contributed by atoms with van der Waals surface area (Å²) in [5, 5.41) is 10.4. The fourth-order valence-corrected chi connectivity index (χ4v) is 2.24. The van der Waals surface area contributed by atoms with Gasteiger partial charge in [-0.05, 0) is 43.2 Å². The van der Waals surface area contributed by atoms with Crippen LogP contribution < -0.4 is 10.6 Å². The Bertz CT molecular complexity index is 554. The van der Waals surface area contributed by atoms with E-state index in [4.69, 9.17) is 5.73 Å². The smallest absolute Gasteiger partial charge is 0.0965 e. The Kier molecular flexibility index (Phi) is 4.64. The highest BCUT2D eigenvalue weighted by Gasteiger charge is 2.13. The molecular weight excluding hydrogens is 248 g/mol. The lowest BCUT2D eigenvalue weighted by atomic mass is 10.0. The van der Waals surface area contributed by atoms with Crippen LogP contribution in [-0.2, 0) is 0 Å². The lowest BCUT2D eigenvalue weighted by Gasteiger charge is -2.26. The molecule has 3 heteroatoms. The summed E-state index contributed by atoms with van der Waals surface area (Å²) >= 11 is 0. The molecule has 2 aromatic carbocycles. The number of para-hydroxylation sites is 1. The van der Waals surface area contributed by atoms with Crippen molar-refractivity contribution in [1.29, 1.82) is 0 Å². The Morgan fingerprint density at radius 3 is 2.45 bits per heavy atom. The number of hydrogen-bond donors (Lipinski definition) is 2. The quantitative estimate of drug-likeness (QED) is 0.821. The predicted octanol–water partition coefficient (Wildman–Crippen LogP) is 3.14. The Balaban J connectivity index is 2.13. The molecule has 0 spiro atoms. The fraction of sp³-hybridized carbons (Fsp3) is 0.294. The molecular formula is C17H22N2O. The first-order valence-electron chi connectivity index (χ1n) is 6.96. The molecule has 20 heavy (non-hydrogen) atoms. The van der Waals surface area contributed by atoms with Crippen LogP contribution in [0.15, 0.2) is 48.5 Å². The Morgan fingerprint density at radius 1 is 1.15 bits per heavy atom. The van der Waals surface area contributed by atoms with Crippen molar-refractivity contribution in [2.75, 3.05) is 23.7 Å². The maximum atomic E-state index is 10.4. The molecule has 0 bridgehead atoms. The zero-order valence-electron chi connectivity index (χ0n) is 12.1. The summed E-state index contributed by atoms with van der Waals surface area (Å²) in [5.41, 5.74) is 9.66. The molecule has 2 aromatic rings. The standard InChI is InChI=1S/C17H22N2O/c1-3-19(15-7-5-4-6-8-15)12-17(20)14-10-9-13(2)16(18)11-14/h4-11,17,20H,3,12,18H2,1-2H3. The fourth-order valence-electron chi connectivity index (χ4n) is 2.24. The van der Waals surface area contributed by atoms with Gasteiger partial charge >= 0.3 is 0 Å². The number of nitrogens with two attached hydrogens (primary N) is 1. The van der Waals surface area contributed by atoms with Crippen LogP contribution in [-0.4, -0.2) is 18.2 Å². The van der Waals surface area contributed by atoms with Crippen molar-refractivity contribution in [2.24, 2.45) is 0 Å². The van der Waals surface area contributed by atoms with E-state index in [1.807, 2.05) is 43.3 Å². The van der Waals surface area contributed by atoms with Crippen molar-refractivity contribution in [3.8, 4) is 0 Å². The normalized spacial score (nSPS) is 12.2. The number of aryl methyl sites for hydroxylation is 1. The number of nitrogen functional groups attached to an aromatic ring is 1. The summed E-state index contributed by atoms with van der Waals surface area (Å²) in [6.07, 6.45) is -0.543. The van der Waals surface area contributed by atoms with Crippen LogP contribution in [0.25, 0.3) is 0 Å². The molecule has 106 valence electrons. The summed E-state index contributed by atoms with van der Waals surface area (Å²) in [4.78, 5) is 2.15. The number of rotatable bonds is 5. The summed E-state index contributed by atoms with van der Waals surface area (Å²) in [6, 6.07) is 15.9. The zero-order valence-corrected chi connectivity index (χ0v) is 12.1. The highest BCUT2D eigenvalue weighted by atomic mass is 16.3. The van der Waals surface area contributed by atoms with Crippen LogP contribution in [0.2, 0.25) is 0 Å². The summed E-state index contributed by atoms with van der Waals surface area (Å²) in [7, 11) is 0. The van der Waals surface area contributed by atoms with E-state index in [0.29, 0.717) is 6.54 Å². The van der Waals surface area contributed by atoms with Crippen LogP contribution in [0.3, 0.4) is 0 Å². The number of aliphatic hydroxyl groups is 1. The van der Waals surface area contributed by atoms with E-state index in [0.717, 1.165) is 29.0 Å². The number of benzene rings is 2. The third kappa shape index (κ3) is 3.31. The minimum absolute atomic E-state index is 0.543. The van der Waals surface area contributed by atoms with Gasteiger partial charge in [0.2, 0.25) is 0 Å². The van der Waals surface area contributed by atoms with E-state index < -0.39 is 6.10 Å². The molecule has 0 aliphatic heterocycles. The number of aliphatic hydroxyl groups excluding tert-OH is 1. The van der Waals surface area contributed by atoms with Gasteiger partial charge in [-0.15, -0.1) is 0 Å². The molecule has 3 nitrogen and oxygen atoms in total. The largest absolute Gasteiger partial charge is 0.399 e. The summed E-state index contributed by atoms with van der Waals surface area (Å²) < 4.78 is 0. The lowest BCUT2D eigenvalue weighted by molar-refractivity contribution is 0.183.